The highest BCUT2D eigenvalue weighted by atomic mass is 16.3. The van der Waals surface area contributed by atoms with Gasteiger partial charge < -0.3 is 15.3 Å². The first-order valence-electron chi connectivity index (χ1n) is 8.84. The smallest absolute Gasteiger partial charge is 0.253 e. The average molecular weight is 352 g/mol. The minimum absolute atomic E-state index is 0.180. The first kappa shape index (κ1) is 18.1. The normalized spacial score (nSPS) is 17.3. The molecule has 0 saturated carbocycles. The van der Waals surface area contributed by atoms with Gasteiger partial charge in [-0.25, -0.2) is 0 Å². The van der Waals surface area contributed by atoms with Gasteiger partial charge in [0.1, 0.15) is 12.1 Å². The third-order valence-corrected chi connectivity index (χ3v) is 4.69. The predicted molar refractivity (Wildman–Crippen MR) is 102 cm³/mol. The molecule has 2 amide bonds. The molecule has 0 bridgehead atoms. The van der Waals surface area contributed by atoms with Crippen molar-refractivity contribution in [2.75, 3.05) is 11.9 Å². The Hall–Kier alpha value is -2.66. The van der Waals surface area contributed by atoms with Crippen molar-refractivity contribution in [1.82, 2.24) is 5.32 Å². The molecule has 1 unspecified atom stereocenters. The van der Waals surface area contributed by atoms with Crippen LogP contribution < -0.4 is 10.2 Å². The third-order valence-electron chi connectivity index (χ3n) is 4.69. The van der Waals surface area contributed by atoms with Crippen molar-refractivity contribution in [2.24, 2.45) is 5.92 Å². The van der Waals surface area contributed by atoms with E-state index in [2.05, 4.69) is 5.32 Å². The van der Waals surface area contributed by atoms with E-state index in [1.54, 1.807) is 11.9 Å². The molecule has 0 aliphatic carbocycles. The van der Waals surface area contributed by atoms with Gasteiger partial charge in [0.25, 0.3) is 5.91 Å². The number of carbonyl (C=O) groups is 2. The van der Waals surface area contributed by atoms with Gasteiger partial charge in [0.05, 0.1) is 5.69 Å². The summed E-state index contributed by atoms with van der Waals surface area (Å²) in [6.45, 7) is 3.88. The fourth-order valence-corrected chi connectivity index (χ4v) is 3.36. The lowest BCUT2D eigenvalue weighted by Crippen LogP contribution is -2.44. The Morgan fingerprint density at radius 3 is 2.42 bits per heavy atom. The number of hydrogen-bond donors (Lipinski definition) is 2. The molecule has 5 heteroatoms. The Kier molecular flexibility index (Phi) is 5.09. The summed E-state index contributed by atoms with van der Waals surface area (Å²) in [5, 5.41) is 12.9. The van der Waals surface area contributed by atoms with Crippen LogP contribution in [0, 0.1) is 5.92 Å². The van der Waals surface area contributed by atoms with Crippen LogP contribution in [0.25, 0.3) is 11.1 Å². The topological polar surface area (TPSA) is 69.6 Å². The van der Waals surface area contributed by atoms with Gasteiger partial charge in [-0.3, -0.25) is 9.59 Å². The van der Waals surface area contributed by atoms with Crippen LogP contribution in [-0.2, 0) is 9.59 Å². The van der Waals surface area contributed by atoms with Crippen molar-refractivity contribution < 1.29 is 14.7 Å². The van der Waals surface area contributed by atoms with Crippen molar-refractivity contribution in [1.29, 1.82) is 0 Å². The molecule has 0 fully saturated rings. The van der Waals surface area contributed by atoms with E-state index in [4.69, 9.17) is 0 Å². The van der Waals surface area contributed by atoms with Gasteiger partial charge in [0.15, 0.2) is 0 Å². The molecule has 2 N–H and O–H groups in total. The highest BCUT2D eigenvalue weighted by Crippen LogP contribution is 2.39. The number of fused-ring (bicyclic) bond motifs is 3. The fraction of sp³-hybridized carbons (Fsp3) is 0.333. The lowest BCUT2D eigenvalue weighted by atomic mass is 9.95. The molecule has 2 atom stereocenters. The SMILES string of the molecule is CC(C)C[C@H](O)C(=O)NC1C(=O)N(C)c2ccccc2-c2ccccc21. The summed E-state index contributed by atoms with van der Waals surface area (Å²) in [5.74, 6) is -0.571. The van der Waals surface area contributed by atoms with E-state index >= 15 is 0 Å². The maximum absolute atomic E-state index is 13.1. The van der Waals surface area contributed by atoms with Gasteiger partial charge >= 0.3 is 0 Å². The molecule has 3 rings (SSSR count). The quantitative estimate of drug-likeness (QED) is 0.889. The average Bonchev–Trinajstić information content (AvgIpc) is 2.71. The number of anilines is 1. The lowest BCUT2D eigenvalue weighted by Gasteiger charge is -2.24. The number of nitrogens with zero attached hydrogens (tertiary/aromatic N) is 1. The van der Waals surface area contributed by atoms with Crippen molar-refractivity contribution in [3.63, 3.8) is 0 Å². The van der Waals surface area contributed by atoms with Crippen LogP contribution in [-0.4, -0.2) is 30.1 Å². The number of carbonyl (C=O) groups excluding carboxylic acids is 2. The number of aliphatic hydroxyl groups excluding tert-OH is 1. The van der Waals surface area contributed by atoms with Crippen molar-refractivity contribution >= 4 is 17.5 Å². The Morgan fingerprint density at radius 1 is 1.12 bits per heavy atom. The zero-order valence-corrected chi connectivity index (χ0v) is 15.3. The number of likely N-dealkylation sites (N-methyl/N-ethyl adjacent to an activating group) is 1. The zero-order valence-electron chi connectivity index (χ0n) is 15.3. The lowest BCUT2D eigenvalue weighted by molar-refractivity contribution is -0.133. The summed E-state index contributed by atoms with van der Waals surface area (Å²) in [6, 6.07) is 14.4. The van der Waals surface area contributed by atoms with E-state index in [0.29, 0.717) is 6.42 Å². The Morgan fingerprint density at radius 2 is 1.73 bits per heavy atom. The van der Waals surface area contributed by atoms with Gasteiger partial charge in [-0.1, -0.05) is 56.3 Å². The number of amides is 2. The molecule has 1 aliphatic rings. The highest BCUT2D eigenvalue weighted by molar-refractivity contribution is 6.06. The Bertz CT molecular complexity index is 832. The van der Waals surface area contributed by atoms with Crippen LogP contribution in [0.3, 0.4) is 0 Å². The number of hydrogen-bond acceptors (Lipinski definition) is 3. The van der Waals surface area contributed by atoms with E-state index in [9.17, 15) is 14.7 Å². The number of benzene rings is 2. The van der Waals surface area contributed by atoms with E-state index in [-0.39, 0.29) is 11.8 Å². The molecular formula is C21H24N2O3. The summed E-state index contributed by atoms with van der Waals surface area (Å²) < 4.78 is 0. The molecule has 0 spiro atoms. The molecule has 0 radical (unpaired) electrons. The summed E-state index contributed by atoms with van der Waals surface area (Å²) in [5.41, 5.74) is 3.38. The number of rotatable bonds is 4. The fourth-order valence-electron chi connectivity index (χ4n) is 3.36. The molecule has 136 valence electrons. The number of para-hydroxylation sites is 1. The standard InChI is InChI=1S/C21H24N2O3/c1-13(2)12-18(24)20(25)22-19-16-10-5-4-8-14(16)15-9-6-7-11-17(15)23(3)21(19)26/h4-11,13,18-19,24H,12H2,1-3H3,(H,22,25)/t18-,19?/m0/s1. The summed E-state index contributed by atoms with van der Waals surface area (Å²) >= 11 is 0. The predicted octanol–water partition coefficient (Wildman–Crippen LogP) is 2.89. The minimum atomic E-state index is -1.13. The second-order valence-electron chi connectivity index (χ2n) is 7.09. The second kappa shape index (κ2) is 7.30. The van der Waals surface area contributed by atoms with Gasteiger partial charge in [-0.2, -0.15) is 0 Å². The summed E-state index contributed by atoms with van der Waals surface area (Å²) in [6.07, 6.45) is -0.782. The molecular weight excluding hydrogens is 328 g/mol. The Balaban J connectivity index is 2.02. The van der Waals surface area contributed by atoms with Crippen LogP contribution >= 0.6 is 0 Å². The van der Waals surface area contributed by atoms with Gasteiger partial charge in [0.2, 0.25) is 5.91 Å². The van der Waals surface area contributed by atoms with Crippen LogP contribution in [0.5, 0.6) is 0 Å². The first-order valence-corrected chi connectivity index (χ1v) is 8.84. The van der Waals surface area contributed by atoms with Crippen LogP contribution in [0.15, 0.2) is 48.5 Å². The maximum atomic E-state index is 13.1. The minimum Gasteiger partial charge on any atom is -0.383 e. The highest BCUT2D eigenvalue weighted by Gasteiger charge is 2.34. The molecule has 26 heavy (non-hydrogen) atoms. The van der Waals surface area contributed by atoms with Crippen molar-refractivity contribution in [2.45, 2.75) is 32.4 Å². The summed E-state index contributed by atoms with van der Waals surface area (Å²) in [4.78, 5) is 27.1. The second-order valence-corrected chi connectivity index (χ2v) is 7.09. The molecule has 2 aromatic carbocycles. The molecule has 1 heterocycles. The molecule has 2 aromatic rings. The molecule has 1 aliphatic heterocycles. The number of aliphatic hydroxyl groups is 1. The van der Waals surface area contributed by atoms with E-state index < -0.39 is 18.1 Å². The number of nitrogens with one attached hydrogen (secondary N) is 1. The maximum Gasteiger partial charge on any atom is 0.253 e. The summed E-state index contributed by atoms with van der Waals surface area (Å²) in [7, 11) is 1.71. The van der Waals surface area contributed by atoms with Gasteiger partial charge in [-0.05, 0) is 29.5 Å². The van der Waals surface area contributed by atoms with Gasteiger partial charge in [-0.15, -0.1) is 0 Å². The third kappa shape index (κ3) is 3.35. The van der Waals surface area contributed by atoms with Crippen LogP contribution in [0.1, 0.15) is 31.9 Å². The van der Waals surface area contributed by atoms with Crippen LogP contribution in [0.2, 0.25) is 0 Å². The largest absolute Gasteiger partial charge is 0.383 e. The van der Waals surface area contributed by atoms with E-state index in [1.807, 2.05) is 62.4 Å². The molecule has 5 nitrogen and oxygen atoms in total. The molecule has 0 aromatic heterocycles. The first-order chi connectivity index (χ1) is 12.4. The van der Waals surface area contributed by atoms with Crippen molar-refractivity contribution in [3.8, 4) is 11.1 Å². The van der Waals surface area contributed by atoms with E-state index in [0.717, 1.165) is 22.4 Å². The van der Waals surface area contributed by atoms with E-state index in [1.165, 1.54) is 0 Å². The van der Waals surface area contributed by atoms with Crippen LogP contribution in [0.4, 0.5) is 5.69 Å². The zero-order chi connectivity index (χ0) is 18.8. The molecule has 0 saturated heterocycles. The van der Waals surface area contributed by atoms with Crippen molar-refractivity contribution in [3.05, 3.63) is 54.1 Å². The Labute approximate surface area is 153 Å². The monoisotopic (exact) mass is 352 g/mol. The van der Waals surface area contributed by atoms with Gasteiger partial charge in [0, 0.05) is 12.6 Å².